The van der Waals surface area contributed by atoms with Gasteiger partial charge in [-0.05, 0) is 52.7 Å². The van der Waals surface area contributed by atoms with Gasteiger partial charge in [0.1, 0.15) is 5.82 Å². The summed E-state index contributed by atoms with van der Waals surface area (Å²) in [4.78, 5) is 27.7. The van der Waals surface area contributed by atoms with Crippen LogP contribution in [0.4, 0.5) is 4.39 Å². The van der Waals surface area contributed by atoms with Crippen molar-refractivity contribution in [1.29, 1.82) is 0 Å². The van der Waals surface area contributed by atoms with Crippen molar-refractivity contribution in [2.75, 3.05) is 5.75 Å². The van der Waals surface area contributed by atoms with Gasteiger partial charge < -0.3 is 5.32 Å². The first-order valence-corrected chi connectivity index (χ1v) is 15.4. The van der Waals surface area contributed by atoms with Crippen LogP contribution in [-0.2, 0) is 11.3 Å². The highest BCUT2D eigenvalue weighted by Gasteiger charge is 2.33. The second-order valence-electron chi connectivity index (χ2n) is 9.05. The lowest BCUT2D eigenvalue weighted by atomic mass is 10.0. The van der Waals surface area contributed by atoms with E-state index in [9.17, 15) is 14.0 Å². The van der Waals surface area contributed by atoms with Crippen molar-refractivity contribution in [2.24, 2.45) is 5.10 Å². The third-order valence-electron chi connectivity index (χ3n) is 6.42. The molecule has 41 heavy (non-hydrogen) atoms. The Morgan fingerprint density at radius 2 is 1.73 bits per heavy atom. The maximum Gasteiger partial charge on any atom is 0.261 e. The van der Waals surface area contributed by atoms with Crippen molar-refractivity contribution in [3.63, 3.8) is 0 Å². The number of para-hydroxylation sites is 1. The second kappa shape index (κ2) is 12.2. The number of nitrogens with one attached hydrogen (secondary N) is 1. The number of hydrogen-bond acceptors (Lipinski definition) is 8. The molecule has 1 atom stereocenters. The predicted octanol–water partition coefficient (Wildman–Crippen LogP) is 5.93. The third kappa shape index (κ3) is 5.99. The van der Waals surface area contributed by atoms with E-state index in [-0.39, 0.29) is 36.0 Å². The lowest BCUT2D eigenvalue weighted by molar-refractivity contribution is -0.130. The smallest absolute Gasteiger partial charge is 0.261 e. The summed E-state index contributed by atoms with van der Waals surface area (Å²) in [5.74, 6) is -0.120. The molecule has 0 fully saturated rings. The summed E-state index contributed by atoms with van der Waals surface area (Å²) in [6.45, 7) is 0.167. The highest BCUT2D eigenvalue weighted by Crippen LogP contribution is 2.35. The Kier molecular flexibility index (Phi) is 8.03. The molecule has 1 aliphatic heterocycles. The van der Waals surface area contributed by atoms with E-state index in [0.29, 0.717) is 22.3 Å². The monoisotopic (exact) mass is 602 g/mol. The molecule has 2 aromatic carbocycles. The molecule has 1 aliphatic rings. The molecule has 0 spiro atoms. The van der Waals surface area contributed by atoms with E-state index < -0.39 is 0 Å². The maximum atomic E-state index is 13.6. The molecule has 8 nitrogen and oxygen atoms in total. The fourth-order valence-electron chi connectivity index (χ4n) is 4.47. The quantitative estimate of drug-likeness (QED) is 0.211. The summed E-state index contributed by atoms with van der Waals surface area (Å²) in [5.41, 5.74) is 2.45. The van der Waals surface area contributed by atoms with Crippen LogP contribution in [0.5, 0.6) is 0 Å². The van der Waals surface area contributed by atoms with Gasteiger partial charge in [0.05, 0.1) is 33.8 Å². The minimum atomic E-state index is -0.337. The number of halogens is 1. The van der Waals surface area contributed by atoms with E-state index in [0.717, 1.165) is 21.8 Å². The fraction of sp³-hybridized carbons (Fsp3) is 0.138. The van der Waals surface area contributed by atoms with Gasteiger partial charge >= 0.3 is 0 Å². The molecule has 12 heteroatoms. The number of thiophene rings is 2. The van der Waals surface area contributed by atoms with Gasteiger partial charge in [0, 0.05) is 12.1 Å². The maximum absolute atomic E-state index is 13.6. The van der Waals surface area contributed by atoms with E-state index in [1.54, 1.807) is 29.5 Å². The molecule has 3 aromatic heterocycles. The van der Waals surface area contributed by atoms with Crippen molar-refractivity contribution < 1.29 is 14.0 Å². The number of hydrogen-bond donors (Lipinski definition) is 1. The van der Waals surface area contributed by atoms with Crippen LogP contribution >= 0.6 is 34.4 Å². The SMILES string of the molecule is O=C(NCc1nnc(SCC(=O)N2N=C(c3cccs3)C[C@@H]2c2ccc(F)cc2)n1-c1ccccc1)c1cccs1. The summed E-state index contributed by atoms with van der Waals surface area (Å²) in [6.07, 6.45) is 0.539. The lowest BCUT2D eigenvalue weighted by Gasteiger charge is -2.22. The van der Waals surface area contributed by atoms with Gasteiger partial charge in [-0.3, -0.25) is 14.2 Å². The van der Waals surface area contributed by atoms with Crippen molar-refractivity contribution in [1.82, 2.24) is 25.1 Å². The van der Waals surface area contributed by atoms with Crippen molar-refractivity contribution in [3.05, 3.63) is 117 Å². The van der Waals surface area contributed by atoms with Gasteiger partial charge in [-0.15, -0.1) is 32.9 Å². The molecule has 0 saturated carbocycles. The van der Waals surface area contributed by atoms with Crippen LogP contribution in [0.3, 0.4) is 0 Å². The van der Waals surface area contributed by atoms with Crippen molar-refractivity contribution >= 4 is 52.0 Å². The molecule has 0 bridgehead atoms. The van der Waals surface area contributed by atoms with Crippen LogP contribution in [0.25, 0.3) is 5.69 Å². The van der Waals surface area contributed by atoms with Crippen LogP contribution < -0.4 is 5.32 Å². The first-order chi connectivity index (χ1) is 20.1. The lowest BCUT2D eigenvalue weighted by Crippen LogP contribution is -2.28. The Balaban J connectivity index is 1.23. The number of nitrogens with zero attached hydrogens (tertiary/aromatic N) is 5. The van der Waals surface area contributed by atoms with Gasteiger partial charge in [-0.2, -0.15) is 5.10 Å². The number of amides is 2. The molecule has 0 radical (unpaired) electrons. The normalized spacial score (nSPS) is 14.7. The molecule has 206 valence electrons. The standard InChI is InChI=1S/C29H23FN6O2S3/c30-20-12-10-19(11-13-20)23-16-22(24-8-4-14-39-24)34-36(23)27(37)18-41-29-33-32-26(35(29)21-6-2-1-3-7-21)17-31-28(38)25-9-5-15-40-25/h1-15,23H,16-18H2,(H,31,38)/t23-/m1/s1. The number of benzene rings is 2. The highest BCUT2D eigenvalue weighted by atomic mass is 32.2. The number of aromatic nitrogens is 3. The average molecular weight is 603 g/mol. The third-order valence-corrected chi connectivity index (χ3v) is 9.12. The zero-order valence-corrected chi connectivity index (χ0v) is 24.0. The van der Waals surface area contributed by atoms with Gasteiger partial charge in [-0.1, -0.05) is 54.2 Å². The van der Waals surface area contributed by atoms with Gasteiger partial charge in [-0.25, -0.2) is 9.40 Å². The summed E-state index contributed by atoms with van der Waals surface area (Å²) in [6, 6.07) is 22.9. The molecular weight excluding hydrogens is 580 g/mol. The molecule has 0 saturated heterocycles. The zero-order valence-electron chi connectivity index (χ0n) is 21.5. The molecule has 1 N–H and O–H groups in total. The number of hydrazone groups is 1. The average Bonchev–Trinajstić information content (AvgIpc) is 3.82. The van der Waals surface area contributed by atoms with Gasteiger partial charge in [0.15, 0.2) is 11.0 Å². The number of carbonyl (C=O) groups excluding carboxylic acids is 2. The Morgan fingerprint density at radius 1 is 0.951 bits per heavy atom. The van der Waals surface area contributed by atoms with E-state index >= 15 is 0 Å². The minimum Gasteiger partial charge on any atom is -0.344 e. The topological polar surface area (TPSA) is 92.5 Å². The Hall–Kier alpha value is -4.13. The Bertz CT molecular complexity index is 1670. The first-order valence-electron chi connectivity index (χ1n) is 12.7. The van der Waals surface area contributed by atoms with Crippen LogP contribution in [0, 0.1) is 5.82 Å². The number of rotatable bonds is 9. The highest BCUT2D eigenvalue weighted by molar-refractivity contribution is 7.99. The zero-order chi connectivity index (χ0) is 28.2. The molecule has 0 aliphatic carbocycles. The summed E-state index contributed by atoms with van der Waals surface area (Å²) in [7, 11) is 0. The first kappa shape index (κ1) is 27.1. The largest absolute Gasteiger partial charge is 0.344 e. The summed E-state index contributed by atoms with van der Waals surface area (Å²) in [5, 5.41) is 22.1. The van der Waals surface area contributed by atoms with E-state index in [2.05, 4.69) is 15.5 Å². The Morgan fingerprint density at radius 3 is 2.46 bits per heavy atom. The summed E-state index contributed by atoms with van der Waals surface area (Å²) >= 11 is 4.18. The van der Waals surface area contributed by atoms with Crippen molar-refractivity contribution in [2.45, 2.75) is 24.2 Å². The number of carbonyl (C=O) groups is 2. The number of thioether (sulfide) groups is 1. The van der Waals surface area contributed by atoms with Crippen LogP contribution in [-0.4, -0.2) is 43.1 Å². The minimum absolute atomic E-state index is 0.0609. The van der Waals surface area contributed by atoms with Crippen LogP contribution in [0.1, 0.15) is 38.4 Å². The molecule has 0 unspecified atom stereocenters. The van der Waals surface area contributed by atoms with Crippen LogP contribution in [0.15, 0.2) is 99.9 Å². The predicted molar refractivity (Wildman–Crippen MR) is 159 cm³/mol. The fourth-order valence-corrected chi connectivity index (χ4v) is 6.65. The Labute approximate surface area is 247 Å². The second-order valence-corrected chi connectivity index (χ2v) is 11.9. The van der Waals surface area contributed by atoms with Gasteiger partial charge in [0.2, 0.25) is 0 Å². The van der Waals surface area contributed by atoms with Crippen LogP contribution in [0.2, 0.25) is 0 Å². The molecule has 4 heterocycles. The molecular formula is C29H23FN6O2S3. The molecule has 6 rings (SSSR count). The molecule has 5 aromatic rings. The van der Waals surface area contributed by atoms with E-state index in [4.69, 9.17) is 5.10 Å². The summed E-state index contributed by atoms with van der Waals surface area (Å²) < 4.78 is 15.5. The van der Waals surface area contributed by atoms with E-state index in [1.807, 2.05) is 63.9 Å². The van der Waals surface area contributed by atoms with E-state index in [1.165, 1.54) is 40.2 Å². The van der Waals surface area contributed by atoms with Gasteiger partial charge in [0.25, 0.3) is 11.8 Å². The molecule has 2 amide bonds. The van der Waals surface area contributed by atoms with Crippen molar-refractivity contribution in [3.8, 4) is 5.69 Å².